The van der Waals surface area contributed by atoms with E-state index in [1.54, 1.807) is 7.11 Å². The molecule has 2 aromatic carbocycles. The molecule has 59 heavy (non-hydrogen) atoms. The number of aliphatic imine (C=N–C) groups is 1. The van der Waals surface area contributed by atoms with Crippen molar-refractivity contribution in [2.24, 2.45) is 22.2 Å². The number of para-hydroxylation sites is 1. The number of carbonyl (C=O) groups excluding carboxylic acids is 3. The van der Waals surface area contributed by atoms with Crippen LogP contribution < -0.4 is 9.64 Å². The fourth-order valence-electron chi connectivity index (χ4n) is 15.1. The molecule has 2 aliphatic carbocycles. The molecule has 11 rings (SSSR count). The van der Waals surface area contributed by atoms with Crippen molar-refractivity contribution < 1.29 is 43.5 Å². The van der Waals surface area contributed by atoms with Gasteiger partial charge >= 0.3 is 17.9 Å². The lowest BCUT2D eigenvalue weighted by Crippen LogP contribution is -2.81. The zero-order chi connectivity index (χ0) is 41.7. The summed E-state index contributed by atoms with van der Waals surface area (Å²) in [5.74, 6) is -1.76. The molecule has 2 N–H and O–H groups in total. The van der Waals surface area contributed by atoms with Crippen molar-refractivity contribution in [1.82, 2.24) is 9.80 Å². The summed E-state index contributed by atoms with van der Waals surface area (Å²) in [4.78, 5) is 54.9. The van der Waals surface area contributed by atoms with Gasteiger partial charge in [-0.05, 0) is 74.4 Å². The van der Waals surface area contributed by atoms with E-state index < -0.39 is 62.9 Å². The van der Waals surface area contributed by atoms with Crippen molar-refractivity contribution in [3.8, 4) is 5.75 Å². The summed E-state index contributed by atoms with van der Waals surface area (Å²) in [7, 11) is 6.16. The second kappa shape index (κ2) is 12.6. The Bertz CT molecular complexity index is 2250. The molecule has 0 aromatic heterocycles. The Hall–Kier alpha value is -4.30. The van der Waals surface area contributed by atoms with E-state index in [9.17, 15) is 19.8 Å². The summed E-state index contributed by atoms with van der Waals surface area (Å²) in [6.45, 7) is 8.72. The molecule has 13 nitrogen and oxygen atoms in total. The number of aliphatic hydroxyl groups is 2. The molecule has 2 aromatic rings. The third kappa shape index (κ3) is 4.35. The van der Waals surface area contributed by atoms with E-state index >= 15 is 4.79 Å². The highest BCUT2D eigenvalue weighted by Crippen LogP contribution is 2.70. The Morgan fingerprint density at radius 1 is 0.932 bits per heavy atom. The minimum atomic E-state index is -2.30. The number of nitrogens with zero attached hydrogens (tertiary/aromatic N) is 4. The zero-order valence-electron chi connectivity index (χ0n) is 35.1. The van der Waals surface area contributed by atoms with Gasteiger partial charge in [0.1, 0.15) is 11.2 Å². The molecule has 13 heteroatoms. The van der Waals surface area contributed by atoms with Crippen LogP contribution in [0.3, 0.4) is 0 Å². The highest BCUT2D eigenvalue weighted by molar-refractivity contribution is 6.21. The monoisotopic (exact) mass is 808 g/mol. The van der Waals surface area contributed by atoms with E-state index in [1.807, 2.05) is 43.1 Å². The lowest BCUT2D eigenvalue weighted by atomic mass is 9.44. The number of hydrogen-bond acceptors (Lipinski definition) is 13. The van der Waals surface area contributed by atoms with Crippen molar-refractivity contribution in [1.29, 1.82) is 0 Å². The van der Waals surface area contributed by atoms with Crippen LogP contribution in [0.2, 0.25) is 0 Å². The van der Waals surface area contributed by atoms with Crippen LogP contribution in [0.4, 0.5) is 11.4 Å². The Balaban J connectivity index is 1.27. The number of piperidine rings is 1. The van der Waals surface area contributed by atoms with E-state index in [0.717, 1.165) is 35.6 Å². The third-order valence-electron chi connectivity index (χ3n) is 16.7. The smallest absolute Gasteiger partial charge is 0.344 e. The van der Waals surface area contributed by atoms with Gasteiger partial charge in [-0.25, -0.2) is 4.79 Å². The number of likely N-dealkylation sites (N-methyl/N-ethyl adjacent to an activating group) is 1. The molecule has 7 aliphatic heterocycles. The van der Waals surface area contributed by atoms with Crippen molar-refractivity contribution >= 4 is 35.0 Å². The molecule has 0 amide bonds. The summed E-state index contributed by atoms with van der Waals surface area (Å²) < 4.78 is 23.9. The molecule has 4 saturated heterocycles. The summed E-state index contributed by atoms with van der Waals surface area (Å²) in [5.41, 5.74) is -2.63. The van der Waals surface area contributed by atoms with Crippen LogP contribution in [0, 0.1) is 17.3 Å². The average Bonchev–Trinajstić information content (AvgIpc) is 3.82. The van der Waals surface area contributed by atoms with Gasteiger partial charge in [-0.15, -0.1) is 0 Å². The first-order valence-corrected chi connectivity index (χ1v) is 21.3. The highest BCUT2D eigenvalue weighted by Gasteiger charge is 2.81. The summed E-state index contributed by atoms with van der Waals surface area (Å²) >= 11 is 0. The predicted molar refractivity (Wildman–Crippen MR) is 218 cm³/mol. The minimum Gasteiger partial charge on any atom is -0.496 e. The second-order valence-corrected chi connectivity index (χ2v) is 18.7. The topological polar surface area (TPSA) is 151 Å². The van der Waals surface area contributed by atoms with E-state index in [1.165, 1.54) is 21.1 Å². The van der Waals surface area contributed by atoms with Gasteiger partial charge in [-0.2, -0.15) is 0 Å². The number of fused-ring (bicyclic) bond motifs is 4. The zero-order valence-corrected chi connectivity index (χ0v) is 35.1. The first-order valence-electron chi connectivity index (χ1n) is 21.3. The number of ether oxygens (including phenoxy) is 4. The molecule has 1 unspecified atom stereocenters. The largest absolute Gasteiger partial charge is 0.496 e. The molecular weight excluding hydrogens is 753 g/mol. The Morgan fingerprint density at radius 2 is 1.69 bits per heavy atom. The standard InChI is InChI=1S/C46H56N4O9/c1-8-41-15-12-18-50-20-17-44(36(41)50)29-21-30(33(56-5)22-32(29)48(4)37(44)46(55,40(53)58-7)38(41)59-26(3)51)45(39(52)57-6)23-27-24-49-19-16-43(34(27)42(54,9-2)25-49)28-13-10-11-14-31(28)47-35(43)45/h10-15,21-22,27,34,36-38,54-55H,8-9,16-20,23-25H2,1-7H3/t27-,34+,36+,37-,38-,41-,42-,43-,44+,45+,46+/m1/s1. The van der Waals surface area contributed by atoms with Crippen molar-refractivity contribution in [2.75, 3.05) is 66.0 Å². The summed E-state index contributed by atoms with van der Waals surface area (Å²) in [6, 6.07) is 11.0. The van der Waals surface area contributed by atoms with Crippen LogP contribution in [0.25, 0.3) is 0 Å². The van der Waals surface area contributed by atoms with Crippen LogP contribution >= 0.6 is 0 Å². The van der Waals surface area contributed by atoms with E-state index in [4.69, 9.17) is 23.9 Å². The van der Waals surface area contributed by atoms with Crippen LogP contribution in [-0.2, 0) is 44.8 Å². The maximum Gasteiger partial charge on any atom is 0.344 e. The lowest BCUT2D eigenvalue weighted by Gasteiger charge is -2.63. The lowest BCUT2D eigenvalue weighted by molar-refractivity contribution is -0.228. The Kier molecular flexibility index (Phi) is 8.32. The molecule has 314 valence electrons. The van der Waals surface area contributed by atoms with E-state index in [0.29, 0.717) is 68.8 Å². The SMILES string of the molecule is CC[C@@]1(O)CN2CC[C@@]34C(=Nc5ccccc53)[C@@](C(=O)OC)(c3cc5c(cc3OC)N(C)[C@H]3[C@@](O)(C(=O)OC)[C@H](OC(C)=O)[C@]6(CC)C=CCN7CC[C@@]53[C@@H]76)C[C@H](C2)[C@@H]14. The molecule has 12 atom stereocenters. The number of rotatable bonds is 7. The van der Waals surface area contributed by atoms with Gasteiger partial charge in [0.25, 0.3) is 0 Å². The average molecular weight is 809 g/mol. The van der Waals surface area contributed by atoms with Gasteiger partial charge in [0.05, 0.1) is 44.4 Å². The van der Waals surface area contributed by atoms with Crippen LogP contribution in [0.15, 0.2) is 53.5 Å². The molecule has 7 heterocycles. The molecule has 6 fully saturated rings. The number of methoxy groups -OCH3 is 3. The van der Waals surface area contributed by atoms with Crippen molar-refractivity contribution in [3.63, 3.8) is 0 Å². The van der Waals surface area contributed by atoms with Gasteiger partial charge in [0.2, 0.25) is 5.60 Å². The molecule has 9 aliphatic rings. The van der Waals surface area contributed by atoms with Crippen molar-refractivity contribution in [3.05, 3.63) is 65.2 Å². The van der Waals surface area contributed by atoms with Gasteiger partial charge in [0.15, 0.2) is 6.10 Å². The first kappa shape index (κ1) is 38.9. The normalized spacial score (nSPS) is 41.8. The number of anilines is 1. The predicted octanol–water partition coefficient (Wildman–Crippen LogP) is 3.57. The van der Waals surface area contributed by atoms with Crippen molar-refractivity contribution in [2.45, 2.75) is 98.5 Å². The molecule has 2 saturated carbocycles. The molecule has 2 spiro atoms. The Labute approximate surface area is 345 Å². The maximum absolute atomic E-state index is 15.3. The minimum absolute atomic E-state index is 0.103. The highest BCUT2D eigenvalue weighted by atomic mass is 16.6. The van der Waals surface area contributed by atoms with Gasteiger partial charge in [-0.3, -0.25) is 19.5 Å². The van der Waals surface area contributed by atoms with E-state index in [-0.39, 0.29) is 17.9 Å². The van der Waals surface area contributed by atoms with Gasteiger partial charge < -0.3 is 39.0 Å². The van der Waals surface area contributed by atoms with Gasteiger partial charge in [0, 0.05) is 79.1 Å². The number of carbonyl (C=O) groups is 3. The molecular formula is C46H56N4O9. The quantitative estimate of drug-likeness (QED) is 0.239. The second-order valence-electron chi connectivity index (χ2n) is 18.7. The maximum atomic E-state index is 15.3. The van der Waals surface area contributed by atoms with Crippen LogP contribution in [0.1, 0.15) is 69.6 Å². The fourth-order valence-corrected chi connectivity index (χ4v) is 15.1. The summed E-state index contributed by atoms with van der Waals surface area (Å²) in [5, 5.41) is 26.0. The number of hydrogen-bond donors (Lipinski definition) is 2. The van der Waals surface area contributed by atoms with E-state index in [2.05, 4.69) is 41.0 Å². The summed E-state index contributed by atoms with van der Waals surface area (Å²) in [6.07, 6.45) is 5.47. The van der Waals surface area contributed by atoms with Crippen LogP contribution in [0.5, 0.6) is 5.75 Å². The fraction of sp³-hybridized carbons (Fsp3) is 0.609. The molecule has 4 bridgehead atoms. The Morgan fingerprint density at radius 3 is 2.39 bits per heavy atom. The third-order valence-corrected chi connectivity index (χ3v) is 16.7. The number of benzene rings is 2. The number of esters is 3. The van der Waals surface area contributed by atoms with Gasteiger partial charge in [-0.1, -0.05) is 44.2 Å². The van der Waals surface area contributed by atoms with Crippen LogP contribution in [-0.4, -0.2) is 134 Å². The molecule has 0 radical (unpaired) electrons. The first-order chi connectivity index (χ1) is 28.2.